The Morgan fingerprint density at radius 1 is 1.68 bits per heavy atom. The van der Waals surface area contributed by atoms with E-state index < -0.39 is 16.4 Å². The van der Waals surface area contributed by atoms with Crippen molar-refractivity contribution in [2.75, 3.05) is 5.32 Å². The minimum Gasteiger partial charge on any atom is -0.480 e. The molecule has 0 saturated carbocycles. The maximum Gasteiger partial charge on any atom is 0.329 e. The fourth-order valence-corrected chi connectivity index (χ4v) is 1.97. The quantitative estimate of drug-likeness (QED) is 0.613. The van der Waals surface area contributed by atoms with Crippen LogP contribution in [0.3, 0.4) is 0 Å². The molecular weight excluding hydrogens is 318 g/mol. The van der Waals surface area contributed by atoms with E-state index in [1.54, 1.807) is 0 Å². The first kappa shape index (κ1) is 15.4. The highest BCUT2D eigenvalue weighted by Crippen LogP contribution is 2.29. The second-order valence-corrected chi connectivity index (χ2v) is 5.21. The van der Waals surface area contributed by atoms with Crippen LogP contribution in [-0.2, 0) is 4.79 Å². The first-order valence-corrected chi connectivity index (χ1v) is 6.41. The summed E-state index contributed by atoms with van der Waals surface area (Å²) in [6, 6.07) is 1.28. The lowest BCUT2D eigenvalue weighted by Crippen LogP contribution is -2.43. The van der Waals surface area contributed by atoms with E-state index in [0.717, 1.165) is 0 Å². The van der Waals surface area contributed by atoms with Gasteiger partial charge in [-0.25, -0.2) is 9.78 Å². The normalized spacial score (nSPS) is 13.6. The minimum atomic E-state index is -1.29. The number of anilines is 1. The molecule has 0 aliphatic carbocycles. The number of hydrogen-bond donors (Lipinski definition) is 2. The van der Waals surface area contributed by atoms with Gasteiger partial charge in [-0.1, -0.05) is 13.3 Å². The molecular formula is C11H14BrN3O4. The van der Waals surface area contributed by atoms with Gasteiger partial charge in [0.25, 0.3) is 0 Å². The molecule has 0 aliphatic rings. The van der Waals surface area contributed by atoms with Crippen LogP contribution < -0.4 is 5.32 Å². The Morgan fingerprint density at radius 3 is 2.79 bits per heavy atom. The Morgan fingerprint density at radius 2 is 2.32 bits per heavy atom. The molecule has 1 aromatic heterocycles. The summed E-state index contributed by atoms with van der Waals surface area (Å²) < 4.78 is 0.456. The van der Waals surface area contributed by atoms with E-state index in [1.807, 2.05) is 6.92 Å². The molecule has 104 valence electrons. The summed E-state index contributed by atoms with van der Waals surface area (Å²) in [4.78, 5) is 25.5. The summed E-state index contributed by atoms with van der Waals surface area (Å²) >= 11 is 3.09. The first-order valence-electron chi connectivity index (χ1n) is 5.61. The zero-order valence-electron chi connectivity index (χ0n) is 10.5. The molecule has 1 rings (SSSR count). The Balaban J connectivity index is 3.16. The van der Waals surface area contributed by atoms with Gasteiger partial charge in [0.15, 0.2) is 0 Å². The van der Waals surface area contributed by atoms with Gasteiger partial charge in [0.05, 0.1) is 4.92 Å². The van der Waals surface area contributed by atoms with Crippen molar-refractivity contribution in [2.24, 2.45) is 0 Å². The number of aliphatic carboxylic acids is 1. The maximum absolute atomic E-state index is 11.3. The zero-order valence-corrected chi connectivity index (χ0v) is 12.1. The molecule has 0 amide bonds. The monoisotopic (exact) mass is 331 g/mol. The lowest BCUT2D eigenvalue weighted by atomic mass is 9.96. The highest BCUT2D eigenvalue weighted by molar-refractivity contribution is 9.10. The number of carboxylic acids is 1. The summed E-state index contributed by atoms with van der Waals surface area (Å²) in [5.74, 6) is -1.13. The van der Waals surface area contributed by atoms with Crippen LogP contribution in [0.5, 0.6) is 0 Å². The van der Waals surface area contributed by atoms with Gasteiger partial charge in [-0.3, -0.25) is 10.1 Å². The van der Waals surface area contributed by atoms with E-state index in [9.17, 15) is 20.0 Å². The zero-order chi connectivity index (χ0) is 14.6. The predicted octanol–water partition coefficient (Wildman–Crippen LogP) is 2.81. The molecule has 2 N–H and O–H groups in total. The van der Waals surface area contributed by atoms with Gasteiger partial charge in [-0.2, -0.15) is 0 Å². The Bertz CT molecular complexity index is 509. The molecule has 1 aromatic rings. The van der Waals surface area contributed by atoms with E-state index in [2.05, 4.69) is 26.2 Å². The molecule has 1 atom stereocenters. The summed E-state index contributed by atoms with van der Waals surface area (Å²) in [5, 5.41) is 22.8. The third kappa shape index (κ3) is 3.63. The number of carboxylic acid groups (broad SMARTS) is 1. The summed E-state index contributed by atoms with van der Waals surface area (Å²) in [5.41, 5.74) is -1.56. The van der Waals surface area contributed by atoms with E-state index in [4.69, 9.17) is 0 Å². The van der Waals surface area contributed by atoms with Crippen LogP contribution in [0.2, 0.25) is 0 Å². The molecule has 0 saturated heterocycles. The third-order valence-corrected chi connectivity index (χ3v) is 3.08. The standard InChI is InChI=1S/C11H14BrN3O4/c1-3-4-11(2,10(16)17)14-9-8(15(18)19)5-7(12)6-13-9/h5-6H,3-4H2,1-2H3,(H,13,14)(H,16,17). The number of nitrogens with one attached hydrogen (secondary N) is 1. The fraction of sp³-hybridized carbons (Fsp3) is 0.455. The second-order valence-electron chi connectivity index (χ2n) is 4.29. The molecule has 1 heterocycles. The van der Waals surface area contributed by atoms with Gasteiger partial charge in [0.1, 0.15) is 5.54 Å². The molecule has 0 bridgehead atoms. The van der Waals surface area contributed by atoms with Crippen LogP contribution in [-0.4, -0.2) is 26.5 Å². The highest BCUT2D eigenvalue weighted by Gasteiger charge is 2.34. The van der Waals surface area contributed by atoms with Gasteiger partial charge in [-0.15, -0.1) is 0 Å². The minimum absolute atomic E-state index is 0.0495. The van der Waals surface area contributed by atoms with Crippen molar-refractivity contribution in [1.82, 2.24) is 4.98 Å². The van der Waals surface area contributed by atoms with E-state index >= 15 is 0 Å². The maximum atomic E-state index is 11.3. The van der Waals surface area contributed by atoms with Crippen molar-refractivity contribution in [3.05, 3.63) is 26.9 Å². The van der Waals surface area contributed by atoms with Gasteiger partial charge in [-0.05, 0) is 29.3 Å². The molecule has 0 aliphatic heterocycles. The van der Waals surface area contributed by atoms with Crippen LogP contribution in [0.4, 0.5) is 11.5 Å². The van der Waals surface area contributed by atoms with Crippen LogP contribution >= 0.6 is 15.9 Å². The smallest absolute Gasteiger partial charge is 0.329 e. The first-order chi connectivity index (χ1) is 8.80. The van der Waals surface area contributed by atoms with Crippen molar-refractivity contribution in [1.29, 1.82) is 0 Å². The van der Waals surface area contributed by atoms with Crippen LogP contribution in [0.15, 0.2) is 16.7 Å². The summed E-state index contributed by atoms with van der Waals surface area (Å²) in [6.45, 7) is 3.32. The van der Waals surface area contributed by atoms with Crippen molar-refractivity contribution >= 4 is 33.4 Å². The van der Waals surface area contributed by atoms with Crippen molar-refractivity contribution in [3.8, 4) is 0 Å². The van der Waals surface area contributed by atoms with Crippen molar-refractivity contribution in [3.63, 3.8) is 0 Å². The second kappa shape index (κ2) is 5.96. The lowest BCUT2D eigenvalue weighted by molar-refractivity contribution is -0.384. The summed E-state index contributed by atoms with van der Waals surface area (Å²) in [6.07, 6.45) is 2.33. The average Bonchev–Trinajstić information content (AvgIpc) is 2.31. The highest BCUT2D eigenvalue weighted by atomic mass is 79.9. The Kier molecular flexibility index (Phi) is 4.82. The number of aromatic nitrogens is 1. The number of rotatable bonds is 6. The van der Waals surface area contributed by atoms with Crippen LogP contribution in [0, 0.1) is 10.1 Å². The van der Waals surface area contributed by atoms with E-state index in [-0.39, 0.29) is 11.5 Å². The molecule has 1 unspecified atom stereocenters. The van der Waals surface area contributed by atoms with Crippen molar-refractivity contribution < 1.29 is 14.8 Å². The van der Waals surface area contributed by atoms with Gasteiger partial charge in [0.2, 0.25) is 5.82 Å². The SMILES string of the molecule is CCCC(C)(Nc1ncc(Br)cc1[N+](=O)[O-])C(=O)O. The number of pyridine rings is 1. The Labute approximate surface area is 118 Å². The molecule has 0 spiro atoms. The number of nitro groups is 1. The molecule has 0 aromatic carbocycles. The number of hydrogen-bond acceptors (Lipinski definition) is 5. The molecule has 19 heavy (non-hydrogen) atoms. The van der Waals surface area contributed by atoms with E-state index in [1.165, 1.54) is 19.2 Å². The predicted molar refractivity (Wildman–Crippen MR) is 73.2 cm³/mol. The van der Waals surface area contributed by atoms with Gasteiger partial charge >= 0.3 is 11.7 Å². The lowest BCUT2D eigenvalue weighted by Gasteiger charge is -2.26. The Hall–Kier alpha value is -1.70. The largest absolute Gasteiger partial charge is 0.480 e. The van der Waals surface area contributed by atoms with Crippen molar-refractivity contribution in [2.45, 2.75) is 32.2 Å². The molecule has 8 heteroatoms. The molecule has 0 fully saturated rings. The van der Waals surface area contributed by atoms with E-state index in [0.29, 0.717) is 17.3 Å². The number of nitrogens with zero attached hydrogens (tertiary/aromatic N) is 2. The number of halogens is 1. The summed E-state index contributed by atoms with van der Waals surface area (Å²) in [7, 11) is 0. The topological polar surface area (TPSA) is 105 Å². The molecule has 0 radical (unpaired) electrons. The van der Waals surface area contributed by atoms with Crippen LogP contribution in [0.1, 0.15) is 26.7 Å². The average molecular weight is 332 g/mol. The third-order valence-electron chi connectivity index (χ3n) is 2.65. The van der Waals surface area contributed by atoms with Crippen LogP contribution in [0.25, 0.3) is 0 Å². The molecule has 7 nitrogen and oxygen atoms in total. The number of carbonyl (C=O) groups is 1. The van der Waals surface area contributed by atoms with Gasteiger partial charge in [0, 0.05) is 16.7 Å². The van der Waals surface area contributed by atoms with Gasteiger partial charge < -0.3 is 10.4 Å². The fourth-order valence-electron chi connectivity index (χ4n) is 1.65.